The number of benzene rings is 2. The Hall–Kier alpha value is -4.32. The number of carboxylic acids is 1. The van der Waals surface area contributed by atoms with E-state index in [4.69, 9.17) is 17.3 Å². The van der Waals surface area contributed by atoms with E-state index in [0.717, 1.165) is 17.7 Å². The first-order chi connectivity index (χ1) is 16.8. The highest BCUT2D eigenvalue weighted by molar-refractivity contribution is 7.80. The van der Waals surface area contributed by atoms with Crippen LogP contribution in [0, 0.1) is 10.1 Å². The molecular weight excluding hydrogens is 484 g/mol. The van der Waals surface area contributed by atoms with Crippen molar-refractivity contribution in [3.05, 3.63) is 69.4 Å². The van der Waals surface area contributed by atoms with Crippen molar-refractivity contribution in [2.75, 3.05) is 5.32 Å². The van der Waals surface area contributed by atoms with E-state index in [1.165, 1.54) is 11.6 Å². The summed E-state index contributed by atoms with van der Waals surface area (Å²) in [5.41, 5.74) is 4.89. The van der Waals surface area contributed by atoms with Crippen molar-refractivity contribution in [1.29, 1.82) is 0 Å². The molecule has 0 saturated carbocycles. The highest BCUT2D eigenvalue weighted by Gasteiger charge is 2.22. The molecule has 0 amide bonds. The SMILES string of the molecule is C/C(=N\NC(=S)Nc1ccc(C(=O)O)c([N+](=O)[O-])c1)c1nn(C)c(-c2ccc(C(C)(C)C)cc2)c1O. The topological polar surface area (TPSA) is 155 Å². The number of nitrogens with zero attached hydrogens (tertiary/aromatic N) is 4. The lowest BCUT2D eigenvalue weighted by Gasteiger charge is -2.19. The van der Waals surface area contributed by atoms with Gasteiger partial charge in [-0.25, -0.2) is 4.79 Å². The maximum atomic E-state index is 11.2. The summed E-state index contributed by atoms with van der Waals surface area (Å²) in [6, 6.07) is 11.4. The minimum atomic E-state index is -1.41. The second-order valence-corrected chi connectivity index (χ2v) is 9.46. The van der Waals surface area contributed by atoms with Crippen LogP contribution in [0.1, 0.15) is 49.3 Å². The van der Waals surface area contributed by atoms with Crippen molar-refractivity contribution in [1.82, 2.24) is 15.2 Å². The van der Waals surface area contributed by atoms with Gasteiger partial charge >= 0.3 is 5.97 Å². The van der Waals surface area contributed by atoms with Crippen molar-refractivity contribution < 1.29 is 19.9 Å². The number of aromatic hydroxyl groups is 1. The zero-order valence-corrected chi connectivity index (χ0v) is 21.2. The maximum absolute atomic E-state index is 11.2. The van der Waals surface area contributed by atoms with Crippen molar-refractivity contribution >= 4 is 40.4 Å². The molecule has 188 valence electrons. The number of aryl methyl sites for hydroxylation is 1. The summed E-state index contributed by atoms with van der Waals surface area (Å²) >= 11 is 5.18. The summed E-state index contributed by atoms with van der Waals surface area (Å²) in [5.74, 6) is -1.45. The maximum Gasteiger partial charge on any atom is 0.342 e. The molecule has 0 aliphatic carbocycles. The molecule has 36 heavy (non-hydrogen) atoms. The monoisotopic (exact) mass is 510 g/mol. The van der Waals surface area contributed by atoms with Crippen molar-refractivity contribution in [3.8, 4) is 17.0 Å². The molecule has 0 fully saturated rings. The van der Waals surface area contributed by atoms with Gasteiger partial charge in [0.15, 0.2) is 16.6 Å². The fraction of sp³-hybridized carbons (Fsp3) is 0.250. The number of nitro groups is 1. The minimum absolute atomic E-state index is 0.000126. The molecule has 2 aromatic carbocycles. The van der Waals surface area contributed by atoms with E-state index in [1.807, 2.05) is 24.3 Å². The average molecular weight is 511 g/mol. The predicted molar refractivity (Wildman–Crippen MR) is 141 cm³/mol. The molecule has 0 atom stereocenters. The summed E-state index contributed by atoms with van der Waals surface area (Å²) in [5, 5.41) is 42.4. The Morgan fingerprint density at radius 3 is 2.39 bits per heavy atom. The summed E-state index contributed by atoms with van der Waals surface area (Å²) in [4.78, 5) is 21.5. The molecule has 0 saturated heterocycles. The van der Waals surface area contributed by atoms with E-state index in [9.17, 15) is 20.0 Å². The highest BCUT2D eigenvalue weighted by atomic mass is 32.1. The number of anilines is 1. The lowest BCUT2D eigenvalue weighted by Crippen LogP contribution is -2.25. The van der Waals surface area contributed by atoms with Crippen LogP contribution in [-0.4, -0.2) is 41.7 Å². The molecule has 0 bridgehead atoms. The van der Waals surface area contributed by atoms with Crippen LogP contribution in [0.25, 0.3) is 11.3 Å². The Morgan fingerprint density at radius 1 is 1.19 bits per heavy atom. The number of carboxylic acid groups (broad SMARTS) is 1. The van der Waals surface area contributed by atoms with Crippen LogP contribution in [0.4, 0.5) is 11.4 Å². The standard InChI is InChI=1S/C24H26N6O5S/c1-13(26-27-23(36)25-16-10-11-17(22(32)33)18(12-16)30(34)35)19-21(31)20(29(5)28-19)14-6-8-15(9-7-14)24(2,3)4/h6-12,31H,1-5H3,(H,32,33)(H2,25,27,36)/b26-13+. The fourth-order valence-electron chi connectivity index (χ4n) is 3.50. The largest absolute Gasteiger partial charge is 0.504 e. The molecule has 3 aromatic rings. The molecular formula is C24H26N6O5S. The first-order valence-electron chi connectivity index (χ1n) is 10.8. The van der Waals surface area contributed by atoms with Gasteiger partial charge < -0.3 is 15.5 Å². The van der Waals surface area contributed by atoms with Crippen LogP contribution >= 0.6 is 12.2 Å². The molecule has 0 aliphatic rings. The summed E-state index contributed by atoms with van der Waals surface area (Å²) in [6.45, 7) is 8.01. The molecule has 1 aromatic heterocycles. The zero-order chi connectivity index (χ0) is 26.8. The van der Waals surface area contributed by atoms with Crippen molar-refractivity contribution in [3.63, 3.8) is 0 Å². The van der Waals surface area contributed by atoms with Crippen LogP contribution in [0.3, 0.4) is 0 Å². The van der Waals surface area contributed by atoms with E-state index < -0.39 is 22.1 Å². The Kier molecular flexibility index (Phi) is 7.39. The Bertz CT molecular complexity index is 1370. The molecule has 0 unspecified atom stereocenters. The number of aromatic nitrogens is 2. The van der Waals surface area contributed by atoms with Gasteiger partial charge in [0.25, 0.3) is 5.69 Å². The van der Waals surface area contributed by atoms with Crippen LogP contribution < -0.4 is 10.7 Å². The highest BCUT2D eigenvalue weighted by Crippen LogP contribution is 2.33. The summed E-state index contributed by atoms with van der Waals surface area (Å²) < 4.78 is 1.56. The minimum Gasteiger partial charge on any atom is -0.504 e. The fourth-order valence-corrected chi connectivity index (χ4v) is 3.66. The summed E-state index contributed by atoms with van der Waals surface area (Å²) in [7, 11) is 1.72. The third-order valence-corrected chi connectivity index (χ3v) is 5.59. The zero-order valence-electron chi connectivity index (χ0n) is 20.4. The smallest absolute Gasteiger partial charge is 0.342 e. The van der Waals surface area contributed by atoms with Gasteiger partial charge in [-0.2, -0.15) is 10.2 Å². The number of nitro benzene ring substituents is 1. The van der Waals surface area contributed by atoms with Crippen LogP contribution in [0.15, 0.2) is 47.6 Å². The normalized spacial score (nSPS) is 11.8. The van der Waals surface area contributed by atoms with Crippen LogP contribution in [0.2, 0.25) is 0 Å². The molecule has 3 rings (SSSR count). The van der Waals surface area contributed by atoms with E-state index in [2.05, 4.69) is 41.7 Å². The number of thiocarbonyl (C=S) groups is 1. The Morgan fingerprint density at radius 2 is 1.83 bits per heavy atom. The van der Waals surface area contributed by atoms with E-state index in [0.29, 0.717) is 11.4 Å². The number of hydrogen-bond donors (Lipinski definition) is 4. The third-order valence-electron chi connectivity index (χ3n) is 5.40. The second kappa shape index (κ2) is 10.1. The second-order valence-electron chi connectivity index (χ2n) is 9.05. The number of hydrazone groups is 1. The molecule has 0 aliphatic heterocycles. The predicted octanol–water partition coefficient (Wildman–Crippen LogP) is 4.41. The van der Waals surface area contributed by atoms with Gasteiger partial charge in [0.05, 0.1) is 10.6 Å². The Balaban J connectivity index is 1.77. The first-order valence-corrected chi connectivity index (χ1v) is 11.2. The van der Waals surface area contributed by atoms with Gasteiger partial charge in [0, 0.05) is 24.4 Å². The molecule has 11 nitrogen and oxygen atoms in total. The van der Waals surface area contributed by atoms with E-state index >= 15 is 0 Å². The molecule has 0 radical (unpaired) electrons. The van der Waals surface area contributed by atoms with E-state index in [-0.39, 0.29) is 27.7 Å². The number of aromatic carboxylic acids is 1. The van der Waals surface area contributed by atoms with Gasteiger partial charge in [-0.3, -0.25) is 20.2 Å². The number of nitrogens with one attached hydrogen (secondary N) is 2. The first kappa shape index (κ1) is 26.3. The number of carbonyl (C=O) groups is 1. The summed E-state index contributed by atoms with van der Waals surface area (Å²) in [6.07, 6.45) is 0. The van der Waals surface area contributed by atoms with Gasteiger partial charge in [-0.15, -0.1) is 0 Å². The lowest BCUT2D eigenvalue weighted by atomic mass is 9.86. The van der Waals surface area contributed by atoms with Crippen LogP contribution in [-0.2, 0) is 12.5 Å². The van der Waals surface area contributed by atoms with Crippen LogP contribution in [0.5, 0.6) is 5.75 Å². The average Bonchev–Trinajstić information content (AvgIpc) is 3.10. The molecule has 1 heterocycles. The lowest BCUT2D eigenvalue weighted by molar-refractivity contribution is -0.385. The van der Waals surface area contributed by atoms with Gasteiger partial charge in [-0.1, -0.05) is 45.0 Å². The Labute approximate surface area is 212 Å². The van der Waals surface area contributed by atoms with Gasteiger partial charge in [-0.05, 0) is 42.3 Å². The molecule has 12 heteroatoms. The quantitative estimate of drug-likeness (QED) is 0.163. The molecule has 4 N–H and O–H groups in total. The number of rotatable bonds is 6. The van der Waals surface area contributed by atoms with Crippen molar-refractivity contribution in [2.24, 2.45) is 12.1 Å². The van der Waals surface area contributed by atoms with Gasteiger partial charge in [0.2, 0.25) is 0 Å². The van der Waals surface area contributed by atoms with Gasteiger partial charge in [0.1, 0.15) is 11.3 Å². The van der Waals surface area contributed by atoms with E-state index in [1.54, 1.807) is 18.7 Å². The molecule has 0 spiro atoms. The number of hydrogen-bond acceptors (Lipinski definition) is 7. The van der Waals surface area contributed by atoms with Crippen molar-refractivity contribution in [2.45, 2.75) is 33.1 Å². The third kappa shape index (κ3) is 5.66.